The van der Waals surface area contributed by atoms with Gasteiger partial charge in [-0.2, -0.15) is 4.57 Å². The molecule has 0 aliphatic carbocycles. The second-order valence-corrected chi connectivity index (χ2v) is 11.5. The molecule has 3 aromatic carbocycles. The minimum Gasteiger partial charge on any atom is -0.748 e. The third-order valence-corrected chi connectivity index (χ3v) is 8.76. The largest absolute Gasteiger partial charge is 0.748 e. The maximum absolute atomic E-state index is 11.2. The van der Waals surface area contributed by atoms with E-state index in [0.29, 0.717) is 6.54 Å². The second-order valence-electron chi connectivity index (χ2n) is 7.82. The van der Waals surface area contributed by atoms with E-state index in [2.05, 4.69) is 52.9 Å². The summed E-state index contributed by atoms with van der Waals surface area (Å²) in [5, 5.41) is 4.49. The number of aromatic nitrogens is 1. The van der Waals surface area contributed by atoms with Crippen LogP contribution in [-0.2, 0) is 17.2 Å². The van der Waals surface area contributed by atoms with Crippen molar-refractivity contribution in [2.24, 2.45) is 7.05 Å². The second kappa shape index (κ2) is 8.64. The smallest absolute Gasteiger partial charge is 0.265 e. The number of ether oxygens (including phenoxy) is 1. The summed E-state index contributed by atoms with van der Waals surface area (Å²) < 4.78 is 42.3. The van der Waals surface area contributed by atoms with E-state index in [1.54, 1.807) is 30.2 Å². The summed E-state index contributed by atoms with van der Waals surface area (Å²) >= 11 is 3.35. The molecule has 2 heterocycles. The number of fused-ring (bicyclic) bond motifs is 4. The van der Waals surface area contributed by atoms with E-state index in [1.165, 1.54) is 21.0 Å². The number of anilines is 1. The topological polar surface area (TPSA) is 73.5 Å². The normalized spacial score (nSPS) is 15.0. The fourth-order valence-corrected chi connectivity index (χ4v) is 6.90. The van der Waals surface area contributed by atoms with Gasteiger partial charge < -0.3 is 14.2 Å². The van der Waals surface area contributed by atoms with Crippen LogP contribution < -0.4 is 14.2 Å². The van der Waals surface area contributed by atoms with Crippen molar-refractivity contribution in [2.45, 2.75) is 11.3 Å². The van der Waals surface area contributed by atoms with Crippen LogP contribution in [0.15, 0.2) is 64.5 Å². The van der Waals surface area contributed by atoms with Gasteiger partial charge in [-0.15, -0.1) is 0 Å². The molecule has 6 nitrogen and oxygen atoms in total. The van der Waals surface area contributed by atoms with Crippen molar-refractivity contribution in [3.05, 3.63) is 64.6 Å². The molecular weight excluding hydrogens is 476 g/mol. The van der Waals surface area contributed by atoms with Crippen LogP contribution in [-0.4, -0.2) is 32.4 Å². The highest BCUT2D eigenvalue weighted by molar-refractivity contribution is 8.03. The maximum atomic E-state index is 11.2. The van der Waals surface area contributed by atoms with Crippen LogP contribution in [0.3, 0.4) is 0 Å². The first kappa shape index (κ1) is 22.2. The summed E-state index contributed by atoms with van der Waals surface area (Å²) in [5.74, 6) is 0.347. The molecule has 0 amide bonds. The molecule has 4 aromatic rings. The zero-order valence-corrected chi connectivity index (χ0v) is 20.6. The fourth-order valence-electron chi connectivity index (χ4n) is 4.13. The summed E-state index contributed by atoms with van der Waals surface area (Å²) in [6.45, 7) is 0.429. The standard InChI is InChI=1S/C24H22N2O4S3/c1-25-22(32-21-10-8-16-6-3-4-7-18(16)24(21)25)15-23-26(12-5-13-33(27,28)29)19-14-17(30-2)9-11-20(19)31-23/h3-4,6-11,14-15H,5,12-13H2,1-2H3. The van der Waals surface area contributed by atoms with E-state index in [-0.39, 0.29) is 12.2 Å². The number of hydrogen-bond acceptors (Lipinski definition) is 7. The van der Waals surface area contributed by atoms with Crippen molar-refractivity contribution >= 4 is 66.0 Å². The Morgan fingerprint density at radius 1 is 1.15 bits per heavy atom. The molecule has 0 fully saturated rings. The Bertz CT molecular complexity index is 1510. The summed E-state index contributed by atoms with van der Waals surface area (Å²) in [7, 11) is -0.564. The van der Waals surface area contributed by atoms with Gasteiger partial charge in [0, 0.05) is 23.3 Å². The number of rotatable bonds is 6. The number of methoxy groups -OCH3 is 1. The van der Waals surface area contributed by atoms with Gasteiger partial charge in [0.05, 0.1) is 39.4 Å². The highest BCUT2D eigenvalue weighted by Gasteiger charge is 2.28. The number of hydrogen-bond donors (Lipinski definition) is 0. The van der Waals surface area contributed by atoms with Crippen LogP contribution in [0.5, 0.6) is 5.75 Å². The molecule has 1 aliphatic rings. The van der Waals surface area contributed by atoms with Crippen LogP contribution in [0.1, 0.15) is 11.4 Å². The molecule has 0 atom stereocenters. The van der Waals surface area contributed by atoms with Crippen molar-refractivity contribution < 1.29 is 22.3 Å². The number of thiazole rings is 1. The minimum absolute atomic E-state index is 0.254. The Morgan fingerprint density at radius 2 is 1.97 bits per heavy atom. The van der Waals surface area contributed by atoms with Crippen LogP contribution in [0.4, 0.5) is 5.69 Å². The van der Waals surface area contributed by atoms with E-state index in [9.17, 15) is 13.0 Å². The lowest BCUT2D eigenvalue weighted by Gasteiger charge is -2.21. The van der Waals surface area contributed by atoms with Gasteiger partial charge in [-0.1, -0.05) is 47.4 Å². The highest BCUT2D eigenvalue weighted by atomic mass is 32.2. The quantitative estimate of drug-likeness (QED) is 0.283. The zero-order valence-electron chi connectivity index (χ0n) is 18.1. The molecule has 170 valence electrons. The van der Waals surface area contributed by atoms with Gasteiger partial charge >= 0.3 is 0 Å². The number of thioether (sulfide) groups is 1. The molecular formula is C24H22N2O4S3. The zero-order chi connectivity index (χ0) is 23.2. The van der Waals surface area contributed by atoms with Crippen LogP contribution in [0.25, 0.3) is 27.1 Å². The first-order chi connectivity index (χ1) is 15.8. The number of nitrogens with zero attached hydrogens (tertiary/aromatic N) is 2. The Labute approximate surface area is 200 Å². The van der Waals surface area contributed by atoms with Gasteiger partial charge in [-0.05, 0) is 36.1 Å². The van der Waals surface area contributed by atoms with Gasteiger partial charge in [-0.25, -0.2) is 8.42 Å². The van der Waals surface area contributed by atoms with E-state index < -0.39 is 10.1 Å². The lowest BCUT2D eigenvalue weighted by molar-refractivity contribution is -0.641. The Morgan fingerprint density at radius 3 is 2.76 bits per heavy atom. The Balaban J connectivity index is 1.57. The molecule has 9 heteroatoms. The summed E-state index contributed by atoms with van der Waals surface area (Å²) in [5.41, 5.74) is 2.15. The van der Waals surface area contributed by atoms with Gasteiger partial charge in [0.25, 0.3) is 5.01 Å². The first-order valence-corrected chi connectivity index (χ1v) is 13.6. The van der Waals surface area contributed by atoms with Crippen molar-refractivity contribution in [3.8, 4) is 5.75 Å². The molecule has 0 unspecified atom stereocenters. The molecule has 1 aliphatic heterocycles. The number of aryl methyl sites for hydroxylation is 1. The fraction of sp³-hybridized carbons (Fsp3) is 0.208. The molecule has 33 heavy (non-hydrogen) atoms. The molecule has 0 spiro atoms. The average molecular weight is 499 g/mol. The van der Waals surface area contributed by atoms with E-state index in [4.69, 9.17) is 4.74 Å². The average Bonchev–Trinajstić information content (AvgIpc) is 3.30. The molecule has 0 radical (unpaired) electrons. The van der Waals surface area contributed by atoms with Crippen LogP contribution >= 0.6 is 23.1 Å². The summed E-state index contributed by atoms with van der Waals surface area (Å²) in [4.78, 5) is 3.15. The predicted octanol–water partition coefficient (Wildman–Crippen LogP) is 4.73. The molecule has 0 N–H and O–H groups in total. The molecule has 0 saturated heterocycles. The summed E-state index contributed by atoms with van der Waals surface area (Å²) in [6, 6.07) is 18.5. The highest BCUT2D eigenvalue weighted by Crippen LogP contribution is 2.48. The first-order valence-electron chi connectivity index (χ1n) is 10.4. The van der Waals surface area contributed by atoms with Gasteiger partial charge in [0.2, 0.25) is 5.52 Å². The van der Waals surface area contributed by atoms with Crippen molar-refractivity contribution in [2.75, 3.05) is 24.3 Å². The van der Waals surface area contributed by atoms with E-state index >= 15 is 0 Å². The molecule has 5 rings (SSSR count). The third kappa shape index (κ3) is 4.33. The van der Waals surface area contributed by atoms with Gasteiger partial charge in [0.1, 0.15) is 17.5 Å². The summed E-state index contributed by atoms with van der Waals surface area (Å²) in [6.07, 6.45) is 2.39. The lowest BCUT2D eigenvalue weighted by atomic mass is 10.1. The van der Waals surface area contributed by atoms with Crippen molar-refractivity contribution in [1.29, 1.82) is 0 Å². The van der Waals surface area contributed by atoms with Crippen LogP contribution in [0.2, 0.25) is 0 Å². The van der Waals surface area contributed by atoms with E-state index in [0.717, 1.165) is 26.4 Å². The molecule has 0 bridgehead atoms. The Hall–Kier alpha value is -2.59. The van der Waals surface area contributed by atoms with Crippen LogP contribution in [0, 0.1) is 0 Å². The minimum atomic E-state index is -4.26. The monoisotopic (exact) mass is 498 g/mol. The third-order valence-electron chi connectivity index (χ3n) is 5.70. The SMILES string of the molecule is COc1ccc2c(c1)N(CCCS(=O)(=O)[O-])C(=Cc1sc3ccc4ccccc4c3[n+]1C)S2. The lowest BCUT2D eigenvalue weighted by Crippen LogP contribution is -2.30. The van der Waals surface area contributed by atoms with Crippen molar-refractivity contribution in [1.82, 2.24) is 0 Å². The van der Waals surface area contributed by atoms with Crippen molar-refractivity contribution in [3.63, 3.8) is 0 Å². The van der Waals surface area contributed by atoms with Gasteiger partial charge in [0.15, 0.2) is 0 Å². The maximum Gasteiger partial charge on any atom is 0.265 e. The number of benzene rings is 3. The van der Waals surface area contributed by atoms with E-state index in [1.807, 2.05) is 24.3 Å². The molecule has 0 saturated carbocycles. The van der Waals surface area contributed by atoms with Gasteiger partial charge in [-0.3, -0.25) is 0 Å². The predicted molar refractivity (Wildman–Crippen MR) is 134 cm³/mol. The Kier molecular flexibility index (Phi) is 5.82. The molecule has 1 aromatic heterocycles.